The SMILES string of the molecule is CNC(c1sc(C)cc1C)C1CCOC1C. The van der Waals surface area contributed by atoms with Gasteiger partial charge in [-0.1, -0.05) is 0 Å². The fourth-order valence-corrected chi connectivity index (χ4v) is 3.92. The van der Waals surface area contributed by atoms with E-state index < -0.39 is 0 Å². The van der Waals surface area contributed by atoms with Crippen molar-refractivity contribution in [2.45, 2.75) is 39.3 Å². The molecule has 1 aliphatic rings. The molecule has 1 aromatic rings. The highest BCUT2D eigenvalue weighted by molar-refractivity contribution is 7.12. The standard InChI is InChI=1S/C13H21NOS/c1-8-7-9(2)16-13(8)12(14-4)11-5-6-15-10(11)3/h7,10-12,14H,5-6H2,1-4H3. The minimum atomic E-state index is 0.374. The highest BCUT2D eigenvalue weighted by Gasteiger charge is 2.33. The molecule has 2 heterocycles. The largest absolute Gasteiger partial charge is 0.378 e. The summed E-state index contributed by atoms with van der Waals surface area (Å²) in [6.07, 6.45) is 1.54. The summed E-state index contributed by atoms with van der Waals surface area (Å²) in [5.41, 5.74) is 1.42. The second kappa shape index (κ2) is 4.86. The molecule has 3 unspecified atom stereocenters. The van der Waals surface area contributed by atoms with Crippen LogP contribution in [0.15, 0.2) is 6.07 Å². The van der Waals surface area contributed by atoms with Gasteiger partial charge in [0.15, 0.2) is 0 Å². The van der Waals surface area contributed by atoms with Crippen molar-refractivity contribution >= 4 is 11.3 Å². The molecule has 1 saturated heterocycles. The molecule has 2 nitrogen and oxygen atoms in total. The Labute approximate surface area is 102 Å². The monoisotopic (exact) mass is 239 g/mol. The van der Waals surface area contributed by atoms with Gasteiger partial charge in [-0.25, -0.2) is 0 Å². The van der Waals surface area contributed by atoms with Gasteiger partial charge in [0.1, 0.15) is 0 Å². The van der Waals surface area contributed by atoms with E-state index in [0.717, 1.165) is 6.61 Å². The van der Waals surface area contributed by atoms with E-state index in [2.05, 4.69) is 39.2 Å². The molecule has 0 amide bonds. The Balaban J connectivity index is 2.25. The molecule has 1 aliphatic heterocycles. The normalized spacial score (nSPS) is 27.2. The van der Waals surface area contributed by atoms with Crippen LogP contribution < -0.4 is 5.32 Å². The summed E-state index contributed by atoms with van der Waals surface area (Å²) in [5.74, 6) is 0.613. The van der Waals surface area contributed by atoms with Crippen LogP contribution in [-0.4, -0.2) is 19.8 Å². The molecule has 0 radical (unpaired) electrons. The second-order valence-corrected chi connectivity index (χ2v) is 5.99. The maximum absolute atomic E-state index is 5.68. The van der Waals surface area contributed by atoms with E-state index in [9.17, 15) is 0 Å². The van der Waals surface area contributed by atoms with Gasteiger partial charge in [0.05, 0.1) is 6.10 Å². The summed E-state index contributed by atoms with van der Waals surface area (Å²) in [5, 5.41) is 3.48. The van der Waals surface area contributed by atoms with Gasteiger partial charge in [-0.2, -0.15) is 0 Å². The van der Waals surface area contributed by atoms with Crippen LogP contribution in [0.4, 0.5) is 0 Å². The van der Waals surface area contributed by atoms with Crippen LogP contribution in [0.3, 0.4) is 0 Å². The van der Waals surface area contributed by atoms with Crippen LogP contribution in [0.5, 0.6) is 0 Å². The number of aryl methyl sites for hydroxylation is 2. The van der Waals surface area contributed by atoms with Gasteiger partial charge in [-0.15, -0.1) is 11.3 Å². The van der Waals surface area contributed by atoms with Gasteiger partial charge >= 0.3 is 0 Å². The Morgan fingerprint density at radius 2 is 2.25 bits per heavy atom. The predicted octanol–water partition coefficient (Wildman–Crippen LogP) is 3.05. The zero-order chi connectivity index (χ0) is 11.7. The lowest BCUT2D eigenvalue weighted by atomic mass is 9.91. The van der Waals surface area contributed by atoms with Gasteiger partial charge in [0.25, 0.3) is 0 Å². The van der Waals surface area contributed by atoms with E-state index in [-0.39, 0.29) is 0 Å². The van der Waals surface area contributed by atoms with Gasteiger partial charge in [0, 0.05) is 28.3 Å². The van der Waals surface area contributed by atoms with E-state index in [1.54, 1.807) is 0 Å². The molecular formula is C13H21NOS. The summed E-state index contributed by atoms with van der Waals surface area (Å²) < 4.78 is 5.68. The van der Waals surface area contributed by atoms with Crippen molar-refractivity contribution in [3.05, 3.63) is 21.4 Å². The lowest BCUT2D eigenvalue weighted by Gasteiger charge is -2.25. The Morgan fingerprint density at radius 3 is 2.69 bits per heavy atom. The molecule has 0 spiro atoms. The number of rotatable bonds is 3. The number of hydrogen-bond acceptors (Lipinski definition) is 3. The Morgan fingerprint density at radius 1 is 1.50 bits per heavy atom. The minimum absolute atomic E-state index is 0.374. The quantitative estimate of drug-likeness (QED) is 0.875. The smallest absolute Gasteiger partial charge is 0.0594 e. The van der Waals surface area contributed by atoms with E-state index in [0.29, 0.717) is 18.1 Å². The number of thiophene rings is 1. The molecule has 0 bridgehead atoms. The van der Waals surface area contributed by atoms with E-state index in [4.69, 9.17) is 4.74 Å². The molecule has 0 aliphatic carbocycles. The maximum atomic E-state index is 5.68. The van der Waals surface area contributed by atoms with Crippen LogP contribution in [-0.2, 0) is 4.74 Å². The van der Waals surface area contributed by atoms with Crippen LogP contribution in [0, 0.1) is 19.8 Å². The average Bonchev–Trinajstić information content (AvgIpc) is 2.77. The predicted molar refractivity (Wildman–Crippen MR) is 69.1 cm³/mol. The third-order valence-corrected chi connectivity index (χ3v) is 4.77. The van der Waals surface area contributed by atoms with Crippen molar-refractivity contribution in [3.63, 3.8) is 0 Å². The molecule has 3 heteroatoms. The van der Waals surface area contributed by atoms with E-state index in [1.165, 1.54) is 21.7 Å². The Hall–Kier alpha value is -0.380. The van der Waals surface area contributed by atoms with Crippen LogP contribution in [0.25, 0.3) is 0 Å². The first-order valence-corrected chi connectivity index (χ1v) is 6.81. The molecule has 2 rings (SSSR count). The molecule has 1 aromatic heterocycles. The summed E-state index contributed by atoms with van der Waals surface area (Å²) in [7, 11) is 2.06. The van der Waals surface area contributed by atoms with Crippen molar-refractivity contribution < 1.29 is 4.74 Å². The van der Waals surface area contributed by atoms with Crippen LogP contribution >= 0.6 is 11.3 Å². The number of ether oxygens (including phenoxy) is 1. The van der Waals surface area contributed by atoms with E-state index in [1.807, 2.05) is 11.3 Å². The second-order valence-electron chi connectivity index (χ2n) is 4.70. The Kier molecular flexibility index (Phi) is 3.67. The van der Waals surface area contributed by atoms with Crippen molar-refractivity contribution in [1.29, 1.82) is 0 Å². The first-order chi connectivity index (χ1) is 7.63. The molecule has 0 saturated carbocycles. The van der Waals surface area contributed by atoms with E-state index >= 15 is 0 Å². The zero-order valence-electron chi connectivity index (χ0n) is 10.5. The van der Waals surface area contributed by atoms with Crippen molar-refractivity contribution in [3.8, 4) is 0 Å². The molecular weight excluding hydrogens is 218 g/mol. The lowest BCUT2D eigenvalue weighted by Crippen LogP contribution is -2.29. The minimum Gasteiger partial charge on any atom is -0.378 e. The Bertz CT molecular complexity index is 361. The summed E-state index contributed by atoms with van der Waals surface area (Å²) in [4.78, 5) is 2.89. The lowest BCUT2D eigenvalue weighted by molar-refractivity contribution is 0.0966. The number of nitrogens with one attached hydrogen (secondary N) is 1. The third-order valence-electron chi connectivity index (χ3n) is 3.54. The zero-order valence-corrected chi connectivity index (χ0v) is 11.4. The van der Waals surface area contributed by atoms with Crippen LogP contribution in [0.1, 0.15) is 34.7 Å². The average molecular weight is 239 g/mol. The first-order valence-electron chi connectivity index (χ1n) is 5.99. The molecule has 90 valence electrons. The van der Waals surface area contributed by atoms with Crippen molar-refractivity contribution in [1.82, 2.24) is 5.32 Å². The summed E-state index contributed by atoms with van der Waals surface area (Å²) in [6, 6.07) is 2.74. The molecule has 1 N–H and O–H groups in total. The summed E-state index contributed by atoms with van der Waals surface area (Å²) in [6.45, 7) is 7.50. The van der Waals surface area contributed by atoms with Crippen molar-refractivity contribution in [2.24, 2.45) is 5.92 Å². The van der Waals surface area contributed by atoms with Gasteiger partial charge < -0.3 is 10.1 Å². The van der Waals surface area contributed by atoms with Crippen LogP contribution in [0.2, 0.25) is 0 Å². The third kappa shape index (κ3) is 2.17. The number of hydrogen-bond donors (Lipinski definition) is 1. The summed E-state index contributed by atoms with van der Waals surface area (Å²) >= 11 is 1.92. The van der Waals surface area contributed by atoms with Crippen molar-refractivity contribution in [2.75, 3.05) is 13.7 Å². The molecule has 1 fully saturated rings. The maximum Gasteiger partial charge on any atom is 0.0594 e. The van der Waals surface area contributed by atoms with Gasteiger partial charge in [-0.3, -0.25) is 0 Å². The fraction of sp³-hybridized carbons (Fsp3) is 0.692. The molecule has 16 heavy (non-hydrogen) atoms. The van der Waals surface area contributed by atoms with Gasteiger partial charge in [-0.05, 0) is 45.9 Å². The first kappa shape index (κ1) is 12.1. The highest BCUT2D eigenvalue weighted by atomic mass is 32.1. The fourth-order valence-electron chi connectivity index (χ4n) is 2.69. The molecule has 0 aromatic carbocycles. The molecule has 3 atom stereocenters. The highest BCUT2D eigenvalue weighted by Crippen LogP contribution is 2.37. The van der Waals surface area contributed by atoms with Gasteiger partial charge in [0.2, 0.25) is 0 Å². The topological polar surface area (TPSA) is 21.3 Å².